The fourth-order valence-electron chi connectivity index (χ4n) is 3.79. The third kappa shape index (κ3) is 3.84. The van der Waals surface area contributed by atoms with Crippen molar-refractivity contribution in [1.29, 1.82) is 0 Å². The summed E-state index contributed by atoms with van der Waals surface area (Å²) in [6.45, 7) is 5.75. The molecule has 1 N–H and O–H groups in total. The maximum absolute atomic E-state index is 5.67. The van der Waals surface area contributed by atoms with E-state index in [0.29, 0.717) is 5.92 Å². The van der Waals surface area contributed by atoms with Crippen LogP contribution in [0.2, 0.25) is 0 Å². The van der Waals surface area contributed by atoms with E-state index in [1.807, 2.05) is 0 Å². The highest BCUT2D eigenvalue weighted by molar-refractivity contribution is 9.10. The molecule has 0 spiro atoms. The van der Waals surface area contributed by atoms with Gasteiger partial charge in [-0.3, -0.25) is 0 Å². The molecule has 1 saturated heterocycles. The number of ether oxygens (including phenoxy) is 1. The van der Waals surface area contributed by atoms with Crippen molar-refractivity contribution in [2.45, 2.75) is 38.0 Å². The zero-order valence-electron chi connectivity index (χ0n) is 13.5. The van der Waals surface area contributed by atoms with Crippen LogP contribution in [0.5, 0.6) is 5.75 Å². The van der Waals surface area contributed by atoms with Crippen LogP contribution in [0.15, 0.2) is 16.6 Å². The van der Waals surface area contributed by atoms with Gasteiger partial charge in [-0.05, 0) is 58.3 Å². The molecule has 2 aliphatic rings. The van der Waals surface area contributed by atoms with Crippen molar-refractivity contribution in [1.82, 2.24) is 10.2 Å². The second-order valence-corrected chi connectivity index (χ2v) is 7.38. The normalized spacial score (nSPS) is 20.5. The Morgan fingerprint density at radius 3 is 2.64 bits per heavy atom. The molecular formula is C18H27BrN2O. The van der Waals surface area contributed by atoms with E-state index in [1.54, 1.807) is 7.11 Å². The lowest BCUT2D eigenvalue weighted by Gasteiger charge is -2.27. The van der Waals surface area contributed by atoms with E-state index < -0.39 is 0 Å². The van der Waals surface area contributed by atoms with Crippen molar-refractivity contribution in [3.63, 3.8) is 0 Å². The minimum absolute atomic E-state index is 0.686. The number of nitrogens with zero attached hydrogens (tertiary/aromatic N) is 1. The zero-order chi connectivity index (χ0) is 15.4. The van der Waals surface area contributed by atoms with E-state index >= 15 is 0 Å². The molecule has 4 heteroatoms. The summed E-state index contributed by atoms with van der Waals surface area (Å²) in [5, 5.41) is 3.42. The predicted molar refractivity (Wildman–Crippen MR) is 94.9 cm³/mol. The number of hydrogen-bond donors (Lipinski definition) is 1. The van der Waals surface area contributed by atoms with Crippen LogP contribution in [0.4, 0.5) is 0 Å². The quantitative estimate of drug-likeness (QED) is 0.861. The third-order valence-corrected chi connectivity index (χ3v) is 5.65. The van der Waals surface area contributed by atoms with E-state index in [9.17, 15) is 0 Å². The molecule has 22 heavy (non-hydrogen) atoms. The summed E-state index contributed by atoms with van der Waals surface area (Å²) >= 11 is 3.72. The minimum atomic E-state index is 0.686. The first-order valence-electron chi connectivity index (χ1n) is 8.57. The Morgan fingerprint density at radius 2 is 1.95 bits per heavy atom. The maximum atomic E-state index is 5.67. The molecule has 1 aliphatic carbocycles. The van der Waals surface area contributed by atoms with Crippen LogP contribution in [0.25, 0.3) is 0 Å². The first kappa shape index (κ1) is 16.3. The number of benzene rings is 1. The van der Waals surface area contributed by atoms with Gasteiger partial charge in [0, 0.05) is 32.7 Å². The highest BCUT2D eigenvalue weighted by atomic mass is 79.9. The molecule has 3 rings (SSSR count). The molecule has 1 aliphatic heterocycles. The maximum Gasteiger partial charge on any atom is 0.136 e. The molecule has 0 amide bonds. The second kappa shape index (κ2) is 7.80. The predicted octanol–water partition coefficient (Wildman–Crippen LogP) is 3.56. The van der Waals surface area contributed by atoms with Crippen molar-refractivity contribution in [2.24, 2.45) is 0 Å². The molecule has 3 nitrogen and oxygen atoms in total. The molecule has 0 radical (unpaired) electrons. The Hall–Kier alpha value is -0.580. The standard InChI is InChI=1S/C18H27BrN2O/c1-22-18-16(15-4-2-3-5-15)12-14(13-17(18)19)6-9-21-10-7-20-8-11-21/h12-13,15,20H,2-11H2,1H3. The number of rotatable bonds is 5. The van der Waals surface area contributed by atoms with E-state index in [0.717, 1.165) is 36.3 Å². The summed E-state index contributed by atoms with van der Waals surface area (Å²) in [4.78, 5) is 2.56. The lowest BCUT2D eigenvalue weighted by atomic mass is 9.94. The van der Waals surface area contributed by atoms with Crippen molar-refractivity contribution >= 4 is 15.9 Å². The van der Waals surface area contributed by atoms with Crippen molar-refractivity contribution in [2.75, 3.05) is 39.8 Å². The van der Waals surface area contributed by atoms with Gasteiger partial charge in [-0.2, -0.15) is 0 Å². The van der Waals surface area contributed by atoms with Gasteiger partial charge < -0.3 is 15.0 Å². The smallest absolute Gasteiger partial charge is 0.136 e. The lowest BCUT2D eigenvalue weighted by Crippen LogP contribution is -2.44. The Bertz CT molecular complexity index is 494. The minimum Gasteiger partial charge on any atom is -0.495 e. The van der Waals surface area contributed by atoms with Crippen LogP contribution in [0.3, 0.4) is 0 Å². The van der Waals surface area contributed by atoms with E-state index in [2.05, 4.69) is 38.3 Å². The average molecular weight is 367 g/mol. The molecule has 122 valence electrons. The summed E-state index contributed by atoms with van der Waals surface area (Å²) < 4.78 is 6.79. The van der Waals surface area contributed by atoms with Gasteiger partial charge in [-0.15, -0.1) is 0 Å². The summed E-state index contributed by atoms with van der Waals surface area (Å²) in [7, 11) is 1.79. The topological polar surface area (TPSA) is 24.5 Å². The summed E-state index contributed by atoms with van der Waals surface area (Å²) in [6.07, 6.45) is 6.46. The van der Waals surface area contributed by atoms with Gasteiger partial charge in [-0.25, -0.2) is 0 Å². The third-order valence-electron chi connectivity index (χ3n) is 5.06. The molecule has 1 saturated carbocycles. The highest BCUT2D eigenvalue weighted by Gasteiger charge is 2.22. The monoisotopic (exact) mass is 366 g/mol. The van der Waals surface area contributed by atoms with E-state index in [1.165, 1.54) is 49.9 Å². The Kier molecular flexibility index (Phi) is 5.77. The number of nitrogens with one attached hydrogen (secondary N) is 1. The van der Waals surface area contributed by atoms with Crippen molar-refractivity contribution < 1.29 is 4.74 Å². The van der Waals surface area contributed by atoms with Crippen LogP contribution in [0.1, 0.15) is 42.7 Å². The first-order valence-corrected chi connectivity index (χ1v) is 9.36. The molecule has 1 heterocycles. The van der Waals surface area contributed by atoms with Gasteiger partial charge in [0.1, 0.15) is 5.75 Å². The summed E-state index contributed by atoms with van der Waals surface area (Å²) in [5.41, 5.74) is 2.86. The Morgan fingerprint density at radius 1 is 1.23 bits per heavy atom. The molecule has 0 aromatic heterocycles. The SMILES string of the molecule is COc1c(Br)cc(CCN2CCNCC2)cc1C1CCCC1. The number of halogens is 1. The highest BCUT2D eigenvalue weighted by Crippen LogP contribution is 2.42. The molecule has 0 atom stereocenters. The van der Waals surface area contributed by atoms with Gasteiger partial charge in [-0.1, -0.05) is 18.9 Å². The summed E-state index contributed by atoms with van der Waals surface area (Å²) in [5.74, 6) is 1.74. The van der Waals surface area contributed by atoms with Gasteiger partial charge in [0.15, 0.2) is 0 Å². The number of hydrogen-bond acceptors (Lipinski definition) is 3. The summed E-state index contributed by atoms with van der Waals surface area (Å²) in [6, 6.07) is 4.65. The number of piperazine rings is 1. The van der Waals surface area contributed by atoms with Crippen molar-refractivity contribution in [3.05, 3.63) is 27.7 Å². The molecule has 1 aromatic carbocycles. The van der Waals surface area contributed by atoms with Gasteiger partial charge >= 0.3 is 0 Å². The Balaban J connectivity index is 1.73. The van der Waals surface area contributed by atoms with Gasteiger partial charge in [0.05, 0.1) is 11.6 Å². The molecular weight excluding hydrogens is 340 g/mol. The van der Waals surface area contributed by atoms with Crippen LogP contribution >= 0.6 is 15.9 Å². The molecule has 0 unspecified atom stereocenters. The van der Waals surface area contributed by atoms with Crippen molar-refractivity contribution in [3.8, 4) is 5.75 Å². The lowest BCUT2D eigenvalue weighted by molar-refractivity contribution is 0.244. The van der Waals surface area contributed by atoms with E-state index in [-0.39, 0.29) is 0 Å². The Labute approximate surface area is 142 Å². The fraction of sp³-hybridized carbons (Fsp3) is 0.667. The van der Waals surface area contributed by atoms with Gasteiger partial charge in [0.25, 0.3) is 0 Å². The van der Waals surface area contributed by atoms with Crippen LogP contribution < -0.4 is 10.1 Å². The second-order valence-electron chi connectivity index (χ2n) is 6.52. The van der Waals surface area contributed by atoms with Crippen LogP contribution in [-0.4, -0.2) is 44.7 Å². The fourth-order valence-corrected chi connectivity index (χ4v) is 4.48. The average Bonchev–Trinajstić information content (AvgIpc) is 3.07. The molecule has 0 bridgehead atoms. The first-order chi connectivity index (χ1) is 10.8. The zero-order valence-corrected chi connectivity index (χ0v) is 15.1. The number of methoxy groups -OCH3 is 1. The van der Waals surface area contributed by atoms with Crippen LogP contribution in [-0.2, 0) is 6.42 Å². The van der Waals surface area contributed by atoms with Crippen LogP contribution in [0, 0.1) is 0 Å². The van der Waals surface area contributed by atoms with E-state index in [4.69, 9.17) is 4.74 Å². The van der Waals surface area contributed by atoms with Gasteiger partial charge in [0.2, 0.25) is 0 Å². The molecule has 1 aromatic rings. The largest absolute Gasteiger partial charge is 0.495 e. The molecule has 2 fully saturated rings.